The number of alkyl halides is 6. The van der Waals surface area contributed by atoms with Crippen LogP contribution in [0, 0.1) is 0 Å². The first-order valence-electron chi connectivity index (χ1n) is 11.3. The second-order valence-corrected chi connectivity index (χ2v) is 9.55. The molecule has 1 aromatic heterocycles. The molecular formula is C26H21F6N3O4S. The fourth-order valence-corrected chi connectivity index (χ4v) is 3.90. The van der Waals surface area contributed by atoms with Crippen molar-refractivity contribution < 1.29 is 44.4 Å². The molecule has 212 valence electrons. The zero-order valence-electron chi connectivity index (χ0n) is 20.3. The van der Waals surface area contributed by atoms with E-state index in [0.717, 1.165) is 24.3 Å². The molecule has 0 saturated heterocycles. The summed E-state index contributed by atoms with van der Waals surface area (Å²) >= 11 is 0. The van der Waals surface area contributed by atoms with E-state index in [1.807, 2.05) is 0 Å². The van der Waals surface area contributed by atoms with Crippen LogP contribution < -0.4 is 5.73 Å². The molecule has 4 N–H and O–H groups in total. The van der Waals surface area contributed by atoms with E-state index in [9.17, 15) is 39.3 Å². The lowest BCUT2D eigenvalue weighted by atomic mass is 10.0. The monoisotopic (exact) mass is 585 g/mol. The average molecular weight is 586 g/mol. The van der Waals surface area contributed by atoms with Crippen molar-refractivity contribution in [1.82, 2.24) is 9.97 Å². The van der Waals surface area contributed by atoms with Gasteiger partial charge in [-0.15, -0.1) is 0 Å². The van der Waals surface area contributed by atoms with Crippen molar-refractivity contribution >= 4 is 10.1 Å². The molecule has 0 aliphatic heterocycles. The van der Waals surface area contributed by atoms with Gasteiger partial charge in [-0.1, -0.05) is 42.5 Å². The molecule has 0 unspecified atom stereocenters. The van der Waals surface area contributed by atoms with Crippen LogP contribution in [0.5, 0.6) is 0 Å². The highest BCUT2D eigenvalue weighted by Gasteiger charge is 2.34. The molecule has 0 atom stereocenters. The molecule has 7 nitrogen and oxygen atoms in total. The van der Waals surface area contributed by atoms with Crippen molar-refractivity contribution in [3.63, 3.8) is 0 Å². The lowest BCUT2D eigenvalue weighted by molar-refractivity contribution is -0.141. The largest absolute Gasteiger partial charge is 0.433 e. The summed E-state index contributed by atoms with van der Waals surface area (Å²) in [5, 5.41) is 7.75. The van der Waals surface area contributed by atoms with Crippen LogP contribution in [0.4, 0.5) is 26.3 Å². The number of nitrogens with zero attached hydrogens (tertiary/aromatic N) is 2. The minimum absolute atomic E-state index is 0.0224. The predicted molar refractivity (Wildman–Crippen MR) is 134 cm³/mol. The smallest absolute Gasteiger partial charge is 0.395 e. The molecule has 0 aliphatic carbocycles. The van der Waals surface area contributed by atoms with E-state index in [0.29, 0.717) is 23.7 Å². The highest BCUT2D eigenvalue weighted by Crippen LogP contribution is 2.35. The average Bonchev–Trinajstić information content (AvgIpc) is 2.92. The maximum absolute atomic E-state index is 13.6. The van der Waals surface area contributed by atoms with Crippen molar-refractivity contribution in [3.05, 3.63) is 90.1 Å². The Kier molecular flexibility index (Phi) is 9.30. The lowest BCUT2D eigenvalue weighted by Crippen LogP contribution is -2.10. The molecule has 0 aliphatic rings. The molecule has 4 aromatic rings. The normalized spacial score (nSPS) is 12.0. The Morgan fingerprint density at radius 2 is 1.27 bits per heavy atom. The van der Waals surface area contributed by atoms with Crippen LogP contribution in [-0.2, 0) is 22.5 Å². The van der Waals surface area contributed by atoms with Crippen molar-refractivity contribution in [3.8, 4) is 33.8 Å². The van der Waals surface area contributed by atoms with E-state index < -0.39 is 33.7 Å². The molecule has 0 saturated carbocycles. The summed E-state index contributed by atoms with van der Waals surface area (Å²) < 4.78 is 112. The Hall–Kier alpha value is -3.85. The predicted octanol–water partition coefficient (Wildman–Crippen LogP) is 5.70. The SMILES string of the molecule is NCCO.O=S(=O)(O)c1cccc(-c2cccc(-c3nc(-c4ccc(C(F)(F)F)cc4)cc(C(F)(F)F)n3)c2)c1. The molecule has 40 heavy (non-hydrogen) atoms. The van der Waals surface area contributed by atoms with Crippen molar-refractivity contribution in [2.24, 2.45) is 5.73 Å². The van der Waals surface area contributed by atoms with Gasteiger partial charge in [0, 0.05) is 17.7 Å². The molecule has 0 bridgehead atoms. The van der Waals surface area contributed by atoms with Crippen LogP contribution in [0.2, 0.25) is 0 Å². The molecule has 3 aromatic carbocycles. The summed E-state index contributed by atoms with van der Waals surface area (Å²) in [7, 11) is -4.49. The molecular weight excluding hydrogens is 564 g/mol. The van der Waals surface area contributed by atoms with Crippen LogP contribution in [0.3, 0.4) is 0 Å². The number of aliphatic hydroxyl groups is 1. The Balaban J connectivity index is 0.00000103. The summed E-state index contributed by atoms with van der Waals surface area (Å²) in [6, 6.07) is 15.4. The van der Waals surface area contributed by atoms with Gasteiger partial charge in [0.25, 0.3) is 10.1 Å². The molecule has 14 heteroatoms. The molecule has 1 heterocycles. The van der Waals surface area contributed by atoms with E-state index in [4.69, 9.17) is 10.8 Å². The standard InChI is InChI=1S/C24H14F6N2O3S.C2H7NO/c25-23(26,27)18-9-7-14(8-10-18)20-13-21(24(28,29)30)32-22(31-20)17-5-1-3-15(11-17)16-4-2-6-19(12-16)36(33,34)35;3-1-2-4/h1-13H,(H,33,34,35);4H,1-3H2. The third-order valence-electron chi connectivity index (χ3n) is 5.24. The number of rotatable bonds is 5. The minimum atomic E-state index is -4.86. The summed E-state index contributed by atoms with van der Waals surface area (Å²) in [5.41, 5.74) is 3.20. The van der Waals surface area contributed by atoms with Gasteiger partial charge in [-0.3, -0.25) is 4.55 Å². The first-order chi connectivity index (χ1) is 18.6. The van der Waals surface area contributed by atoms with Crippen LogP contribution >= 0.6 is 0 Å². The van der Waals surface area contributed by atoms with Gasteiger partial charge in [-0.25, -0.2) is 9.97 Å². The first kappa shape index (κ1) is 30.7. The zero-order chi connectivity index (χ0) is 29.7. The topological polar surface area (TPSA) is 126 Å². The van der Waals surface area contributed by atoms with Gasteiger partial charge in [0.2, 0.25) is 0 Å². The van der Waals surface area contributed by atoms with Crippen LogP contribution in [0.25, 0.3) is 33.8 Å². The van der Waals surface area contributed by atoms with E-state index in [1.165, 1.54) is 42.5 Å². The fourth-order valence-electron chi connectivity index (χ4n) is 3.37. The Bertz CT molecular complexity index is 1570. The summed E-state index contributed by atoms with van der Waals surface area (Å²) in [6.07, 6.45) is -9.47. The molecule has 0 fully saturated rings. The highest BCUT2D eigenvalue weighted by molar-refractivity contribution is 7.85. The van der Waals surface area contributed by atoms with Gasteiger partial charge >= 0.3 is 12.4 Å². The quantitative estimate of drug-likeness (QED) is 0.203. The van der Waals surface area contributed by atoms with Gasteiger partial charge in [-0.05, 0) is 47.5 Å². The number of benzene rings is 3. The lowest BCUT2D eigenvalue weighted by Gasteiger charge is -2.12. The van der Waals surface area contributed by atoms with Crippen LogP contribution in [0.15, 0.2) is 83.8 Å². The number of hydrogen-bond donors (Lipinski definition) is 3. The fraction of sp³-hybridized carbons (Fsp3) is 0.154. The van der Waals surface area contributed by atoms with Crippen LogP contribution in [0.1, 0.15) is 11.3 Å². The van der Waals surface area contributed by atoms with Gasteiger partial charge in [0.15, 0.2) is 5.82 Å². The van der Waals surface area contributed by atoms with E-state index in [1.54, 1.807) is 6.07 Å². The summed E-state index contributed by atoms with van der Waals surface area (Å²) in [4.78, 5) is 7.37. The molecule has 0 spiro atoms. The minimum Gasteiger partial charge on any atom is -0.395 e. The van der Waals surface area contributed by atoms with Gasteiger partial charge in [-0.2, -0.15) is 34.8 Å². The van der Waals surface area contributed by atoms with Crippen LogP contribution in [-0.4, -0.2) is 41.2 Å². The molecule has 0 amide bonds. The third-order valence-corrected chi connectivity index (χ3v) is 6.09. The Labute approximate surface area is 224 Å². The zero-order valence-corrected chi connectivity index (χ0v) is 21.1. The Morgan fingerprint density at radius 3 is 1.80 bits per heavy atom. The number of nitrogens with two attached hydrogens (primary N) is 1. The van der Waals surface area contributed by atoms with E-state index >= 15 is 0 Å². The maximum atomic E-state index is 13.6. The third kappa shape index (κ3) is 7.85. The van der Waals surface area contributed by atoms with E-state index in [2.05, 4.69) is 9.97 Å². The number of hydrogen-bond acceptors (Lipinski definition) is 6. The van der Waals surface area contributed by atoms with Crippen molar-refractivity contribution in [2.45, 2.75) is 17.2 Å². The van der Waals surface area contributed by atoms with Gasteiger partial charge in [0.05, 0.1) is 22.8 Å². The first-order valence-corrected chi connectivity index (χ1v) is 12.7. The summed E-state index contributed by atoms with van der Waals surface area (Å²) in [6.45, 7) is 0.472. The number of aliphatic hydroxyl groups excluding tert-OH is 1. The molecule has 4 rings (SSSR count). The Morgan fingerprint density at radius 1 is 0.725 bits per heavy atom. The van der Waals surface area contributed by atoms with Crippen molar-refractivity contribution in [1.29, 1.82) is 0 Å². The highest BCUT2D eigenvalue weighted by atomic mass is 32.2. The second kappa shape index (κ2) is 12.1. The summed E-state index contributed by atoms with van der Waals surface area (Å²) in [5.74, 6) is -0.340. The van der Waals surface area contributed by atoms with Crippen molar-refractivity contribution in [2.75, 3.05) is 13.2 Å². The van der Waals surface area contributed by atoms with Gasteiger partial charge in [0.1, 0.15) is 5.69 Å². The second-order valence-electron chi connectivity index (χ2n) is 8.13. The maximum Gasteiger partial charge on any atom is 0.433 e. The van der Waals surface area contributed by atoms with Gasteiger partial charge < -0.3 is 10.8 Å². The number of aromatic nitrogens is 2. The number of halogens is 6. The molecule has 0 radical (unpaired) electrons. The van der Waals surface area contributed by atoms with E-state index in [-0.39, 0.29) is 34.1 Å².